The summed E-state index contributed by atoms with van der Waals surface area (Å²) in [5, 5.41) is 9.81. The molecule has 3 aromatic heterocycles. The molecule has 38 heavy (non-hydrogen) atoms. The number of hydrogen-bond acceptors (Lipinski definition) is 5. The Labute approximate surface area is 216 Å². The van der Waals surface area contributed by atoms with E-state index in [1.54, 1.807) is 23.1 Å². The number of para-hydroxylation sites is 1. The summed E-state index contributed by atoms with van der Waals surface area (Å²) in [5.74, 6) is -0.632. The number of halogens is 2. The van der Waals surface area contributed by atoms with E-state index in [9.17, 15) is 18.4 Å². The number of carbonyl (C=O) groups excluding carboxylic acids is 1. The highest BCUT2D eigenvalue weighted by Crippen LogP contribution is 2.39. The second-order valence-electron chi connectivity index (χ2n) is 9.95. The van der Waals surface area contributed by atoms with E-state index in [2.05, 4.69) is 0 Å². The first kappa shape index (κ1) is 24.3. The molecule has 4 heterocycles. The SMILES string of the molecule is Cn1c(-c2cc3cccc(OC(F)C(=O)O)c3n2CC2CC2)nc2cc3c(nc21)CCN(CCCF)C3=O. The van der Waals surface area contributed by atoms with Gasteiger partial charge in [0.05, 0.1) is 29.1 Å². The lowest BCUT2D eigenvalue weighted by Crippen LogP contribution is -2.38. The van der Waals surface area contributed by atoms with Crippen molar-refractivity contribution in [1.82, 2.24) is 24.0 Å². The van der Waals surface area contributed by atoms with Gasteiger partial charge in [0, 0.05) is 38.5 Å². The first-order chi connectivity index (χ1) is 18.4. The Morgan fingerprint density at radius 1 is 1.26 bits per heavy atom. The summed E-state index contributed by atoms with van der Waals surface area (Å²) in [6.45, 7) is 1.05. The van der Waals surface area contributed by atoms with Crippen LogP contribution < -0.4 is 4.74 Å². The molecule has 1 atom stereocenters. The van der Waals surface area contributed by atoms with Gasteiger partial charge in [0.2, 0.25) is 0 Å². The molecule has 9 nitrogen and oxygen atoms in total. The number of carbonyl (C=O) groups is 2. The molecule has 0 radical (unpaired) electrons. The van der Waals surface area contributed by atoms with Gasteiger partial charge in [-0.2, -0.15) is 4.39 Å². The van der Waals surface area contributed by atoms with Crippen molar-refractivity contribution in [3.05, 3.63) is 41.6 Å². The van der Waals surface area contributed by atoms with Crippen LogP contribution in [0.4, 0.5) is 8.78 Å². The van der Waals surface area contributed by atoms with E-state index in [0.717, 1.165) is 23.9 Å². The fraction of sp³-hybridized carbons (Fsp3) is 0.407. The van der Waals surface area contributed by atoms with Crippen molar-refractivity contribution in [3.8, 4) is 17.3 Å². The second kappa shape index (κ2) is 9.38. The molecular formula is C27H27F2N5O4. The summed E-state index contributed by atoms with van der Waals surface area (Å²) in [4.78, 5) is 35.5. The number of carboxylic acids is 1. The molecule has 2 aliphatic rings. The van der Waals surface area contributed by atoms with Crippen LogP contribution in [0.15, 0.2) is 30.3 Å². The Bertz CT molecular complexity index is 1570. The van der Waals surface area contributed by atoms with E-state index in [0.29, 0.717) is 72.2 Å². The number of aryl methyl sites for hydroxylation is 1. The molecule has 1 saturated carbocycles. The maximum absolute atomic E-state index is 14.0. The molecule has 0 saturated heterocycles. The molecule has 6 rings (SSSR count). The average Bonchev–Trinajstić information content (AvgIpc) is 3.57. The smallest absolute Gasteiger partial charge is 0.378 e. The predicted molar refractivity (Wildman–Crippen MR) is 136 cm³/mol. The van der Waals surface area contributed by atoms with Crippen LogP contribution in [0.3, 0.4) is 0 Å². The van der Waals surface area contributed by atoms with E-state index < -0.39 is 19.0 Å². The Balaban J connectivity index is 1.47. The van der Waals surface area contributed by atoms with Crippen molar-refractivity contribution < 1.29 is 28.2 Å². The third-order valence-electron chi connectivity index (χ3n) is 7.30. The van der Waals surface area contributed by atoms with Gasteiger partial charge >= 0.3 is 12.3 Å². The molecule has 1 aliphatic carbocycles. The number of aliphatic carboxylic acids is 1. The van der Waals surface area contributed by atoms with E-state index in [1.165, 1.54) is 0 Å². The third kappa shape index (κ3) is 4.15. The van der Waals surface area contributed by atoms with Gasteiger partial charge in [-0.25, -0.2) is 14.8 Å². The summed E-state index contributed by atoms with van der Waals surface area (Å²) in [6, 6.07) is 8.82. The number of nitrogens with zero attached hydrogens (tertiary/aromatic N) is 5. The van der Waals surface area contributed by atoms with Crippen molar-refractivity contribution in [3.63, 3.8) is 0 Å². The van der Waals surface area contributed by atoms with Gasteiger partial charge in [0.1, 0.15) is 11.3 Å². The second-order valence-corrected chi connectivity index (χ2v) is 9.95. The van der Waals surface area contributed by atoms with Crippen LogP contribution in [-0.2, 0) is 24.8 Å². The molecular weight excluding hydrogens is 496 g/mol. The zero-order valence-corrected chi connectivity index (χ0v) is 20.9. The van der Waals surface area contributed by atoms with Gasteiger partial charge in [-0.1, -0.05) is 12.1 Å². The van der Waals surface area contributed by atoms with Crippen LogP contribution >= 0.6 is 0 Å². The number of aromatic nitrogens is 4. The molecule has 11 heteroatoms. The highest BCUT2D eigenvalue weighted by molar-refractivity contribution is 5.99. The van der Waals surface area contributed by atoms with Crippen molar-refractivity contribution in [2.75, 3.05) is 19.8 Å². The maximum atomic E-state index is 14.0. The molecule has 1 aliphatic heterocycles. The number of alkyl halides is 2. The van der Waals surface area contributed by atoms with Gasteiger partial charge in [-0.15, -0.1) is 0 Å². The Hall–Kier alpha value is -4.02. The van der Waals surface area contributed by atoms with E-state index in [4.69, 9.17) is 19.8 Å². The Kier molecular flexibility index (Phi) is 6.00. The van der Waals surface area contributed by atoms with Gasteiger partial charge in [0.25, 0.3) is 5.91 Å². The normalized spacial score (nSPS) is 16.3. The summed E-state index contributed by atoms with van der Waals surface area (Å²) < 4.78 is 35.8. The topological polar surface area (TPSA) is 102 Å². The zero-order chi connectivity index (χ0) is 26.6. The number of imidazole rings is 1. The number of ether oxygens (including phenoxy) is 1. The van der Waals surface area contributed by atoms with Crippen LogP contribution in [0.25, 0.3) is 33.6 Å². The zero-order valence-electron chi connectivity index (χ0n) is 20.9. The minimum atomic E-state index is -2.48. The quantitative estimate of drug-likeness (QED) is 0.354. The number of amides is 1. The summed E-state index contributed by atoms with van der Waals surface area (Å²) >= 11 is 0. The molecule has 1 unspecified atom stereocenters. The van der Waals surface area contributed by atoms with Crippen molar-refractivity contribution in [1.29, 1.82) is 0 Å². The van der Waals surface area contributed by atoms with Crippen LogP contribution in [-0.4, -0.2) is 67.1 Å². The Morgan fingerprint density at radius 2 is 2.08 bits per heavy atom. The van der Waals surface area contributed by atoms with Crippen molar-refractivity contribution >= 4 is 33.9 Å². The molecule has 0 bridgehead atoms. The predicted octanol–water partition coefficient (Wildman–Crippen LogP) is 4.12. The number of rotatable bonds is 9. The van der Waals surface area contributed by atoms with Gasteiger partial charge in [-0.05, 0) is 43.4 Å². The summed E-state index contributed by atoms with van der Waals surface area (Å²) in [7, 11) is 1.86. The van der Waals surface area contributed by atoms with Crippen LogP contribution in [0.2, 0.25) is 0 Å². The highest BCUT2D eigenvalue weighted by atomic mass is 19.1. The summed E-state index contributed by atoms with van der Waals surface area (Å²) in [5.41, 5.74) is 3.77. The molecule has 0 spiro atoms. The minimum absolute atomic E-state index is 0.149. The first-order valence-corrected chi connectivity index (χ1v) is 12.7. The molecule has 4 aromatic rings. The van der Waals surface area contributed by atoms with Gasteiger partial charge < -0.3 is 23.9 Å². The van der Waals surface area contributed by atoms with Crippen LogP contribution in [0, 0.1) is 5.92 Å². The fourth-order valence-electron chi connectivity index (χ4n) is 5.21. The first-order valence-electron chi connectivity index (χ1n) is 12.7. The monoisotopic (exact) mass is 523 g/mol. The van der Waals surface area contributed by atoms with Gasteiger partial charge in [0.15, 0.2) is 11.5 Å². The maximum Gasteiger partial charge on any atom is 0.378 e. The largest absolute Gasteiger partial charge is 0.476 e. The number of pyridine rings is 1. The third-order valence-corrected chi connectivity index (χ3v) is 7.30. The molecule has 1 amide bonds. The standard InChI is InChI=1S/C27H27F2N5O4/c1-32-24-19(13-17-18(30-24)8-11-33(26(17)35)10-3-9-28)31-25(32)20-12-16-4-2-5-21(38-23(29)27(36)37)22(16)34(20)14-15-6-7-15/h2,4-5,12-13,15,23H,3,6-11,14H2,1H3,(H,36,37). The number of benzene rings is 1. The average molecular weight is 524 g/mol. The lowest BCUT2D eigenvalue weighted by atomic mass is 10.0. The number of carboxylic acid groups (broad SMARTS) is 1. The lowest BCUT2D eigenvalue weighted by Gasteiger charge is -2.27. The number of fused-ring (bicyclic) bond motifs is 3. The minimum Gasteiger partial charge on any atom is -0.476 e. The van der Waals surface area contributed by atoms with Crippen LogP contribution in [0.5, 0.6) is 5.75 Å². The molecule has 1 N–H and O–H groups in total. The molecule has 1 aromatic carbocycles. The number of hydrogen-bond donors (Lipinski definition) is 1. The fourth-order valence-corrected chi connectivity index (χ4v) is 5.21. The van der Waals surface area contributed by atoms with Crippen molar-refractivity contribution in [2.45, 2.75) is 38.6 Å². The van der Waals surface area contributed by atoms with Crippen LogP contribution in [0.1, 0.15) is 35.3 Å². The highest BCUT2D eigenvalue weighted by Gasteiger charge is 2.30. The molecule has 1 fully saturated rings. The summed E-state index contributed by atoms with van der Waals surface area (Å²) in [6.07, 6.45) is 0.543. The van der Waals surface area contributed by atoms with E-state index >= 15 is 0 Å². The van der Waals surface area contributed by atoms with E-state index in [-0.39, 0.29) is 11.7 Å². The van der Waals surface area contributed by atoms with E-state index in [1.807, 2.05) is 28.3 Å². The molecule has 198 valence electrons. The lowest BCUT2D eigenvalue weighted by molar-refractivity contribution is -0.153. The Morgan fingerprint density at radius 3 is 2.82 bits per heavy atom. The van der Waals surface area contributed by atoms with Crippen molar-refractivity contribution in [2.24, 2.45) is 13.0 Å². The van der Waals surface area contributed by atoms with Gasteiger partial charge in [-0.3, -0.25) is 9.18 Å².